The lowest BCUT2D eigenvalue weighted by Gasteiger charge is -2.07. The fourth-order valence-corrected chi connectivity index (χ4v) is 2.45. The van der Waals surface area contributed by atoms with Gasteiger partial charge < -0.3 is 0 Å². The molecule has 1 aromatic carbocycles. The second-order valence-electron chi connectivity index (χ2n) is 3.97. The van der Waals surface area contributed by atoms with Crippen LogP contribution in [0.1, 0.15) is 16.8 Å². The lowest BCUT2D eigenvalue weighted by molar-refractivity contribution is -0.141. The molecule has 0 unspecified atom stereocenters. The third-order valence-electron chi connectivity index (χ3n) is 2.60. The average Bonchev–Trinajstić information content (AvgIpc) is 2.66. The fourth-order valence-electron chi connectivity index (χ4n) is 1.71. The molecule has 0 aliphatic heterocycles. The van der Waals surface area contributed by atoms with E-state index in [1.165, 1.54) is 6.07 Å². The summed E-state index contributed by atoms with van der Waals surface area (Å²) >= 11 is 9.11. The molecule has 0 aliphatic carbocycles. The molecule has 0 atom stereocenters. The zero-order valence-corrected chi connectivity index (χ0v) is 12.3. The summed E-state index contributed by atoms with van der Waals surface area (Å²) in [5.41, 5.74) is -0.916. The highest BCUT2D eigenvalue weighted by molar-refractivity contribution is 9.10. The summed E-state index contributed by atoms with van der Waals surface area (Å²) in [5, 5.41) is 11.9. The molecule has 2 rings (SSSR count). The minimum atomic E-state index is -4.73. The number of halogens is 5. The number of rotatable bonds is 1. The lowest BCUT2D eigenvalue weighted by Crippen LogP contribution is -2.09. The van der Waals surface area contributed by atoms with E-state index in [0.29, 0.717) is 11.3 Å². The van der Waals surface area contributed by atoms with Crippen LogP contribution in [0.15, 0.2) is 22.7 Å². The first-order valence-electron chi connectivity index (χ1n) is 5.28. The van der Waals surface area contributed by atoms with Gasteiger partial charge in [-0.1, -0.05) is 27.5 Å². The van der Waals surface area contributed by atoms with E-state index >= 15 is 0 Å². The molecule has 1 heterocycles. The van der Waals surface area contributed by atoms with Gasteiger partial charge in [-0.15, -0.1) is 0 Å². The van der Waals surface area contributed by atoms with Crippen LogP contribution in [0.2, 0.25) is 5.15 Å². The van der Waals surface area contributed by atoms with Crippen molar-refractivity contribution in [1.82, 2.24) is 9.78 Å². The van der Waals surface area contributed by atoms with E-state index in [0.717, 1.165) is 9.15 Å². The Morgan fingerprint density at radius 1 is 1.40 bits per heavy atom. The maximum atomic E-state index is 12.8. The second-order valence-corrected chi connectivity index (χ2v) is 5.24. The normalized spacial score (nSPS) is 11.4. The number of hydrogen-bond donors (Lipinski definition) is 0. The van der Waals surface area contributed by atoms with Crippen LogP contribution in [0, 0.1) is 18.3 Å². The lowest BCUT2D eigenvalue weighted by atomic mass is 10.2. The van der Waals surface area contributed by atoms with Gasteiger partial charge in [0, 0.05) is 4.47 Å². The third-order valence-corrected chi connectivity index (χ3v) is 3.44. The van der Waals surface area contributed by atoms with Crippen molar-refractivity contribution in [2.45, 2.75) is 13.1 Å². The zero-order chi connectivity index (χ0) is 15.1. The van der Waals surface area contributed by atoms with Crippen molar-refractivity contribution in [2.24, 2.45) is 0 Å². The number of benzene rings is 1. The maximum absolute atomic E-state index is 12.8. The first kappa shape index (κ1) is 14.9. The molecule has 2 aromatic rings. The van der Waals surface area contributed by atoms with Gasteiger partial charge in [0.25, 0.3) is 0 Å². The Morgan fingerprint density at radius 2 is 2.05 bits per heavy atom. The first-order chi connectivity index (χ1) is 9.25. The van der Waals surface area contributed by atoms with Gasteiger partial charge in [0.2, 0.25) is 0 Å². The van der Waals surface area contributed by atoms with E-state index in [9.17, 15) is 13.2 Å². The number of hydrogen-bond acceptors (Lipinski definition) is 2. The van der Waals surface area contributed by atoms with E-state index in [1.54, 1.807) is 25.1 Å². The summed E-state index contributed by atoms with van der Waals surface area (Å²) in [7, 11) is 0. The van der Waals surface area contributed by atoms with Gasteiger partial charge >= 0.3 is 6.18 Å². The molecule has 20 heavy (non-hydrogen) atoms. The van der Waals surface area contributed by atoms with E-state index in [2.05, 4.69) is 21.0 Å². The van der Waals surface area contributed by atoms with Crippen molar-refractivity contribution >= 4 is 27.5 Å². The minimum absolute atomic E-state index is 0.356. The molecular weight excluding hydrogens is 359 g/mol. The van der Waals surface area contributed by atoms with Crippen molar-refractivity contribution < 1.29 is 13.2 Å². The molecule has 0 N–H and O–H groups in total. The van der Waals surface area contributed by atoms with Crippen LogP contribution < -0.4 is 0 Å². The van der Waals surface area contributed by atoms with Crippen LogP contribution >= 0.6 is 27.5 Å². The molecule has 0 aliphatic rings. The molecule has 0 fully saturated rings. The summed E-state index contributed by atoms with van der Waals surface area (Å²) in [6.45, 7) is 1.71. The largest absolute Gasteiger partial charge is 0.436 e. The smallest absolute Gasteiger partial charge is 0.220 e. The van der Waals surface area contributed by atoms with E-state index in [1.807, 2.05) is 0 Å². The first-order valence-corrected chi connectivity index (χ1v) is 6.45. The van der Waals surface area contributed by atoms with Crippen molar-refractivity contribution in [3.8, 4) is 11.8 Å². The van der Waals surface area contributed by atoms with Crippen LogP contribution in [0.5, 0.6) is 0 Å². The van der Waals surface area contributed by atoms with Crippen LogP contribution in [-0.4, -0.2) is 9.78 Å². The zero-order valence-electron chi connectivity index (χ0n) is 9.96. The van der Waals surface area contributed by atoms with Crippen molar-refractivity contribution in [2.75, 3.05) is 0 Å². The standard InChI is InChI=1S/C12H6BrClF3N3/c1-6-4-7(13)2-3-9(6)20-11(14)8(5-18)10(19-20)12(15,16)17/h2-4H,1H3. The molecule has 0 saturated carbocycles. The minimum Gasteiger partial charge on any atom is -0.220 e. The molecule has 0 radical (unpaired) electrons. The predicted molar refractivity (Wildman–Crippen MR) is 70.7 cm³/mol. The Morgan fingerprint density at radius 3 is 2.50 bits per heavy atom. The topological polar surface area (TPSA) is 41.6 Å². The highest BCUT2D eigenvalue weighted by Crippen LogP contribution is 2.35. The van der Waals surface area contributed by atoms with Crippen LogP contribution in [-0.2, 0) is 6.18 Å². The van der Waals surface area contributed by atoms with Gasteiger partial charge in [0.1, 0.15) is 11.6 Å². The fraction of sp³-hybridized carbons (Fsp3) is 0.167. The van der Waals surface area contributed by atoms with E-state index in [-0.39, 0.29) is 5.15 Å². The third kappa shape index (κ3) is 2.53. The van der Waals surface area contributed by atoms with Gasteiger partial charge in [-0.25, -0.2) is 4.68 Å². The highest BCUT2D eigenvalue weighted by Gasteiger charge is 2.39. The summed E-state index contributed by atoms with van der Waals surface area (Å²) in [4.78, 5) is 0. The average molecular weight is 365 g/mol. The van der Waals surface area contributed by atoms with Crippen molar-refractivity contribution in [3.05, 3.63) is 44.6 Å². The number of aromatic nitrogens is 2. The van der Waals surface area contributed by atoms with Gasteiger partial charge in [-0.3, -0.25) is 0 Å². The van der Waals surface area contributed by atoms with Gasteiger partial charge in [-0.05, 0) is 30.7 Å². The predicted octanol–water partition coefficient (Wildman–Crippen LogP) is 4.49. The quantitative estimate of drug-likeness (QED) is 0.748. The molecular formula is C12H6BrClF3N3. The van der Waals surface area contributed by atoms with Crippen molar-refractivity contribution in [1.29, 1.82) is 5.26 Å². The summed E-state index contributed by atoms with van der Waals surface area (Å²) in [5.74, 6) is 0. The second kappa shape index (κ2) is 5.11. The van der Waals surface area contributed by atoms with Gasteiger partial charge in [0.15, 0.2) is 10.8 Å². The number of alkyl halides is 3. The Hall–Kier alpha value is -1.52. The molecule has 0 bridgehead atoms. The van der Waals surface area contributed by atoms with E-state index in [4.69, 9.17) is 16.9 Å². The molecule has 1 aromatic heterocycles. The van der Waals surface area contributed by atoms with Crippen LogP contribution in [0.25, 0.3) is 5.69 Å². The summed E-state index contributed by atoms with van der Waals surface area (Å²) in [6.07, 6.45) is -4.73. The van der Waals surface area contributed by atoms with Gasteiger partial charge in [0.05, 0.1) is 5.69 Å². The highest BCUT2D eigenvalue weighted by atomic mass is 79.9. The number of nitriles is 1. The van der Waals surface area contributed by atoms with Crippen molar-refractivity contribution in [3.63, 3.8) is 0 Å². The van der Waals surface area contributed by atoms with Crippen LogP contribution in [0.3, 0.4) is 0 Å². The molecule has 0 amide bonds. The Balaban J connectivity index is 2.71. The molecule has 104 valence electrons. The monoisotopic (exact) mass is 363 g/mol. The Bertz CT molecular complexity index is 716. The summed E-state index contributed by atoms with van der Waals surface area (Å²) in [6, 6.07) is 6.38. The Labute approximate surface area is 125 Å². The maximum Gasteiger partial charge on any atom is 0.436 e. The SMILES string of the molecule is Cc1cc(Br)ccc1-n1nc(C(F)(F)F)c(C#N)c1Cl. The molecule has 3 nitrogen and oxygen atoms in total. The van der Waals surface area contributed by atoms with Gasteiger partial charge in [-0.2, -0.15) is 23.5 Å². The number of aryl methyl sites for hydroxylation is 1. The Kier molecular flexibility index (Phi) is 3.80. The molecule has 0 spiro atoms. The number of nitrogens with zero attached hydrogens (tertiary/aromatic N) is 3. The summed E-state index contributed by atoms with van der Waals surface area (Å²) < 4.78 is 40.1. The van der Waals surface area contributed by atoms with Crippen LogP contribution in [0.4, 0.5) is 13.2 Å². The molecule has 0 saturated heterocycles. The molecule has 8 heteroatoms. The van der Waals surface area contributed by atoms with E-state index < -0.39 is 17.4 Å².